The standard InChI is InChI=1S/C15H23NOS/c1-3-16-15(13-7-8-18-11-13)10-12-5-4-6-14(9-12)17-2/h4-6,9,13,15-16H,3,7-8,10-11H2,1-2H3. The minimum Gasteiger partial charge on any atom is -0.497 e. The van der Waals surface area contributed by atoms with E-state index in [4.69, 9.17) is 4.74 Å². The van der Waals surface area contributed by atoms with Gasteiger partial charge in [-0.05, 0) is 54.5 Å². The van der Waals surface area contributed by atoms with Crippen LogP contribution >= 0.6 is 11.8 Å². The Morgan fingerprint density at radius 3 is 3.06 bits per heavy atom. The van der Waals surface area contributed by atoms with Crippen LogP contribution in [0.25, 0.3) is 0 Å². The van der Waals surface area contributed by atoms with Crippen LogP contribution in [0.3, 0.4) is 0 Å². The Hall–Kier alpha value is -0.670. The van der Waals surface area contributed by atoms with Crippen molar-refractivity contribution >= 4 is 11.8 Å². The van der Waals surface area contributed by atoms with Gasteiger partial charge in [-0.25, -0.2) is 0 Å². The van der Waals surface area contributed by atoms with Gasteiger partial charge in [0.25, 0.3) is 0 Å². The molecule has 0 bridgehead atoms. The SMILES string of the molecule is CCNC(Cc1cccc(OC)c1)C1CCSC1. The van der Waals surface area contributed by atoms with Crippen molar-refractivity contribution in [3.63, 3.8) is 0 Å². The minimum absolute atomic E-state index is 0.608. The number of thioether (sulfide) groups is 1. The molecular formula is C15H23NOS. The van der Waals surface area contributed by atoms with Crippen molar-refractivity contribution in [2.75, 3.05) is 25.2 Å². The molecule has 1 aliphatic heterocycles. The smallest absolute Gasteiger partial charge is 0.119 e. The number of likely N-dealkylation sites (N-methyl/N-ethyl adjacent to an activating group) is 1. The number of benzene rings is 1. The normalized spacial score (nSPS) is 20.9. The van der Waals surface area contributed by atoms with E-state index in [1.54, 1.807) is 7.11 Å². The van der Waals surface area contributed by atoms with Gasteiger partial charge in [-0.3, -0.25) is 0 Å². The molecule has 2 nitrogen and oxygen atoms in total. The first-order valence-corrected chi connectivity index (χ1v) is 7.93. The van der Waals surface area contributed by atoms with E-state index in [-0.39, 0.29) is 0 Å². The summed E-state index contributed by atoms with van der Waals surface area (Å²) in [7, 11) is 1.73. The van der Waals surface area contributed by atoms with Crippen molar-refractivity contribution in [2.45, 2.75) is 25.8 Å². The maximum absolute atomic E-state index is 5.30. The molecule has 1 heterocycles. The van der Waals surface area contributed by atoms with Gasteiger partial charge in [-0.15, -0.1) is 0 Å². The Bertz CT molecular complexity index is 363. The van der Waals surface area contributed by atoms with Crippen molar-refractivity contribution in [2.24, 2.45) is 5.92 Å². The van der Waals surface area contributed by atoms with E-state index < -0.39 is 0 Å². The summed E-state index contributed by atoms with van der Waals surface area (Å²) in [6.45, 7) is 3.25. The molecule has 0 spiro atoms. The predicted molar refractivity (Wildman–Crippen MR) is 79.6 cm³/mol. The molecule has 2 atom stereocenters. The van der Waals surface area contributed by atoms with Crippen LogP contribution in [0.5, 0.6) is 5.75 Å². The third kappa shape index (κ3) is 3.66. The molecule has 1 aromatic rings. The maximum Gasteiger partial charge on any atom is 0.119 e. The Labute approximate surface area is 114 Å². The quantitative estimate of drug-likeness (QED) is 0.854. The molecule has 1 N–H and O–H groups in total. The molecule has 0 saturated carbocycles. The number of hydrogen-bond donors (Lipinski definition) is 1. The lowest BCUT2D eigenvalue weighted by molar-refractivity contribution is 0.385. The van der Waals surface area contributed by atoms with E-state index in [1.165, 1.54) is 23.5 Å². The summed E-state index contributed by atoms with van der Waals surface area (Å²) in [6.07, 6.45) is 2.46. The average molecular weight is 265 g/mol. The Kier molecular flexibility index (Phi) is 5.39. The molecule has 0 radical (unpaired) electrons. The summed E-state index contributed by atoms with van der Waals surface area (Å²) in [6, 6.07) is 9.07. The van der Waals surface area contributed by atoms with E-state index in [2.05, 4.69) is 42.2 Å². The largest absolute Gasteiger partial charge is 0.497 e. The van der Waals surface area contributed by atoms with Crippen LogP contribution in [0.2, 0.25) is 0 Å². The van der Waals surface area contributed by atoms with Gasteiger partial charge in [0.05, 0.1) is 7.11 Å². The molecule has 0 aromatic heterocycles. The zero-order valence-corrected chi connectivity index (χ0v) is 12.1. The van der Waals surface area contributed by atoms with E-state index >= 15 is 0 Å². The third-order valence-corrected chi connectivity index (χ3v) is 4.78. The second kappa shape index (κ2) is 7.05. The lowest BCUT2D eigenvalue weighted by Gasteiger charge is -2.24. The zero-order chi connectivity index (χ0) is 12.8. The Morgan fingerprint density at radius 1 is 1.50 bits per heavy atom. The number of rotatable bonds is 6. The first-order chi connectivity index (χ1) is 8.83. The van der Waals surface area contributed by atoms with Crippen molar-refractivity contribution in [1.29, 1.82) is 0 Å². The van der Waals surface area contributed by atoms with Gasteiger partial charge in [0.1, 0.15) is 5.75 Å². The van der Waals surface area contributed by atoms with E-state index in [0.717, 1.165) is 24.6 Å². The molecule has 1 aliphatic rings. The highest BCUT2D eigenvalue weighted by molar-refractivity contribution is 7.99. The van der Waals surface area contributed by atoms with Gasteiger partial charge in [-0.2, -0.15) is 11.8 Å². The Balaban J connectivity index is 2.02. The molecule has 0 amide bonds. The molecule has 1 aromatic carbocycles. The summed E-state index contributed by atoms with van der Waals surface area (Å²) >= 11 is 2.09. The molecule has 1 saturated heterocycles. The van der Waals surface area contributed by atoms with Gasteiger partial charge < -0.3 is 10.1 Å². The van der Waals surface area contributed by atoms with Crippen LogP contribution in [-0.2, 0) is 6.42 Å². The number of ether oxygens (including phenoxy) is 1. The maximum atomic E-state index is 5.30. The van der Waals surface area contributed by atoms with Crippen molar-refractivity contribution < 1.29 is 4.74 Å². The predicted octanol–water partition coefficient (Wildman–Crippen LogP) is 2.97. The van der Waals surface area contributed by atoms with Crippen LogP contribution in [0.1, 0.15) is 18.9 Å². The second-order valence-corrected chi connectivity index (χ2v) is 5.99. The van der Waals surface area contributed by atoms with Gasteiger partial charge in [-0.1, -0.05) is 19.1 Å². The van der Waals surface area contributed by atoms with Crippen LogP contribution in [-0.4, -0.2) is 31.2 Å². The molecule has 18 heavy (non-hydrogen) atoms. The monoisotopic (exact) mass is 265 g/mol. The number of methoxy groups -OCH3 is 1. The summed E-state index contributed by atoms with van der Waals surface area (Å²) in [5.74, 6) is 4.41. The van der Waals surface area contributed by atoms with Crippen LogP contribution < -0.4 is 10.1 Å². The number of hydrogen-bond acceptors (Lipinski definition) is 3. The molecule has 3 heteroatoms. The fourth-order valence-corrected chi connectivity index (χ4v) is 3.93. The Morgan fingerprint density at radius 2 is 2.39 bits per heavy atom. The zero-order valence-electron chi connectivity index (χ0n) is 11.3. The first-order valence-electron chi connectivity index (χ1n) is 6.77. The highest BCUT2D eigenvalue weighted by Crippen LogP contribution is 2.28. The third-order valence-electron chi connectivity index (χ3n) is 3.59. The fraction of sp³-hybridized carbons (Fsp3) is 0.600. The summed E-state index contributed by atoms with van der Waals surface area (Å²) in [4.78, 5) is 0. The summed E-state index contributed by atoms with van der Waals surface area (Å²) in [5, 5.41) is 3.66. The molecule has 2 unspecified atom stereocenters. The van der Waals surface area contributed by atoms with Gasteiger partial charge in [0, 0.05) is 6.04 Å². The van der Waals surface area contributed by atoms with E-state index in [1.807, 2.05) is 6.07 Å². The number of nitrogens with one attached hydrogen (secondary N) is 1. The van der Waals surface area contributed by atoms with Crippen LogP contribution in [0.4, 0.5) is 0 Å². The average Bonchev–Trinajstić information content (AvgIpc) is 2.92. The summed E-state index contributed by atoms with van der Waals surface area (Å²) in [5.41, 5.74) is 1.37. The highest BCUT2D eigenvalue weighted by Gasteiger charge is 2.24. The van der Waals surface area contributed by atoms with E-state index in [9.17, 15) is 0 Å². The van der Waals surface area contributed by atoms with Gasteiger partial charge in [0.15, 0.2) is 0 Å². The fourth-order valence-electron chi connectivity index (χ4n) is 2.59. The van der Waals surface area contributed by atoms with Crippen molar-refractivity contribution in [3.8, 4) is 5.75 Å². The lowest BCUT2D eigenvalue weighted by Crippen LogP contribution is -2.38. The topological polar surface area (TPSA) is 21.3 Å². The summed E-state index contributed by atoms with van der Waals surface area (Å²) < 4.78 is 5.30. The molecular weight excluding hydrogens is 242 g/mol. The molecule has 0 aliphatic carbocycles. The van der Waals surface area contributed by atoms with Gasteiger partial charge >= 0.3 is 0 Å². The second-order valence-electron chi connectivity index (χ2n) is 4.84. The molecule has 2 rings (SSSR count). The van der Waals surface area contributed by atoms with E-state index in [0.29, 0.717) is 6.04 Å². The van der Waals surface area contributed by atoms with Crippen LogP contribution in [0, 0.1) is 5.92 Å². The molecule has 1 fully saturated rings. The minimum atomic E-state index is 0.608. The molecule has 100 valence electrons. The lowest BCUT2D eigenvalue weighted by atomic mass is 9.93. The van der Waals surface area contributed by atoms with Gasteiger partial charge in [0.2, 0.25) is 0 Å². The van der Waals surface area contributed by atoms with Crippen molar-refractivity contribution in [3.05, 3.63) is 29.8 Å². The van der Waals surface area contributed by atoms with Crippen molar-refractivity contribution in [1.82, 2.24) is 5.32 Å². The van der Waals surface area contributed by atoms with Crippen LogP contribution in [0.15, 0.2) is 24.3 Å². The highest BCUT2D eigenvalue weighted by atomic mass is 32.2. The first kappa shape index (κ1) is 13.8.